The van der Waals surface area contributed by atoms with E-state index in [0.29, 0.717) is 10.6 Å². The number of amides is 2. The summed E-state index contributed by atoms with van der Waals surface area (Å²) in [6.45, 7) is -0.123. The molecule has 2 aromatic carbocycles. The second kappa shape index (κ2) is 8.61. The van der Waals surface area contributed by atoms with Crippen LogP contribution in [0.3, 0.4) is 0 Å². The summed E-state index contributed by atoms with van der Waals surface area (Å²) in [7, 11) is -3.75. The van der Waals surface area contributed by atoms with E-state index in [-0.39, 0.29) is 17.9 Å². The van der Waals surface area contributed by atoms with E-state index in [4.69, 9.17) is 11.6 Å². The molecule has 132 valence electrons. The number of rotatable bonds is 6. The molecule has 0 spiro atoms. The van der Waals surface area contributed by atoms with Gasteiger partial charge in [-0.25, -0.2) is 13.1 Å². The summed E-state index contributed by atoms with van der Waals surface area (Å²) in [6, 6.07) is 14.1. The molecule has 0 heterocycles. The Bertz CT molecular complexity index is 857. The van der Waals surface area contributed by atoms with Crippen molar-refractivity contribution in [1.29, 1.82) is 0 Å². The number of benzene rings is 2. The molecule has 0 aliphatic carbocycles. The molecular formula is C16H16ClN3O4S. The maximum atomic E-state index is 12.0. The molecule has 25 heavy (non-hydrogen) atoms. The molecular weight excluding hydrogens is 366 g/mol. The van der Waals surface area contributed by atoms with Crippen LogP contribution in [0.5, 0.6) is 0 Å². The van der Waals surface area contributed by atoms with Crippen LogP contribution in [0.15, 0.2) is 59.5 Å². The highest BCUT2D eigenvalue weighted by molar-refractivity contribution is 7.89. The first-order valence-electron chi connectivity index (χ1n) is 7.28. The summed E-state index contributed by atoms with van der Waals surface area (Å²) in [4.78, 5) is 23.4. The topological polar surface area (TPSA) is 104 Å². The van der Waals surface area contributed by atoms with E-state index in [1.807, 2.05) is 0 Å². The molecule has 0 atom stereocenters. The first-order chi connectivity index (χ1) is 11.9. The highest BCUT2D eigenvalue weighted by atomic mass is 35.5. The second-order valence-corrected chi connectivity index (χ2v) is 7.18. The van der Waals surface area contributed by atoms with E-state index in [9.17, 15) is 18.0 Å². The lowest BCUT2D eigenvalue weighted by Gasteiger charge is -2.09. The van der Waals surface area contributed by atoms with Crippen molar-refractivity contribution in [1.82, 2.24) is 15.6 Å². The summed E-state index contributed by atoms with van der Waals surface area (Å²) in [5.74, 6) is -0.994. The van der Waals surface area contributed by atoms with Crippen molar-refractivity contribution in [2.75, 3.05) is 6.54 Å². The minimum atomic E-state index is -3.75. The van der Waals surface area contributed by atoms with Gasteiger partial charge in [0.15, 0.2) is 0 Å². The average molecular weight is 382 g/mol. The number of carbonyl (C=O) groups excluding carboxylic acids is 2. The first kappa shape index (κ1) is 18.9. The Kier molecular flexibility index (Phi) is 6.51. The van der Waals surface area contributed by atoms with Crippen LogP contribution in [0.2, 0.25) is 5.02 Å². The lowest BCUT2D eigenvalue weighted by Crippen LogP contribution is -2.42. The number of sulfonamides is 1. The molecule has 2 aromatic rings. The van der Waals surface area contributed by atoms with Crippen molar-refractivity contribution >= 4 is 33.4 Å². The summed E-state index contributed by atoms with van der Waals surface area (Å²) >= 11 is 5.76. The largest absolute Gasteiger partial charge is 0.273 e. The molecule has 7 nitrogen and oxygen atoms in total. The monoisotopic (exact) mass is 381 g/mol. The predicted octanol–water partition coefficient (Wildman–Crippen LogP) is 1.47. The average Bonchev–Trinajstić information content (AvgIpc) is 2.60. The van der Waals surface area contributed by atoms with Crippen LogP contribution in [-0.2, 0) is 14.8 Å². The van der Waals surface area contributed by atoms with Gasteiger partial charge in [-0.15, -0.1) is 0 Å². The highest BCUT2D eigenvalue weighted by Gasteiger charge is 2.14. The fourth-order valence-electron chi connectivity index (χ4n) is 1.87. The van der Waals surface area contributed by atoms with Crippen LogP contribution in [0.1, 0.15) is 16.8 Å². The molecule has 3 N–H and O–H groups in total. The van der Waals surface area contributed by atoms with Crippen LogP contribution < -0.4 is 15.6 Å². The van der Waals surface area contributed by atoms with Gasteiger partial charge in [0.2, 0.25) is 15.9 Å². The SMILES string of the molecule is O=C(CCNS(=O)(=O)c1cccc(Cl)c1)NNC(=O)c1ccccc1. The zero-order valence-electron chi connectivity index (χ0n) is 13.0. The molecule has 2 rings (SSSR count). The van der Waals surface area contributed by atoms with E-state index in [0.717, 1.165) is 0 Å². The first-order valence-corrected chi connectivity index (χ1v) is 9.14. The third kappa shape index (κ3) is 5.86. The van der Waals surface area contributed by atoms with Crippen LogP contribution >= 0.6 is 11.6 Å². The second-order valence-electron chi connectivity index (χ2n) is 4.97. The van der Waals surface area contributed by atoms with Gasteiger partial charge in [-0.2, -0.15) is 0 Å². The molecule has 0 bridgehead atoms. The van der Waals surface area contributed by atoms with Gasteiger partial charge in [0.1, 0.15) is 0 Å². The summed E-state index contributed by atoms with van der Waals surface area (Å²) in [5, 5.41) is 0.296. The molecule has 9 heteroatoms. The highest BCUT2D eigenvalue weighted by Crippen LogP contribution is 2.14. The number of nitrogens with one attached hydrogen (secondary N) is 3. The van der Waals surface area contributed by atoms with E-state index in [2.05, 4.69) is 15.6 Å². The summed E-state index contributed by atoms with van der Waals surface area (Å²) < 4.78 is 26.4. The van der Waals surface area contributed by atoms with Gasteiger partial charge in [0.25, 0.3) is 5.91 Å². The van der Waals surface area contributed by atoms with E-state index >= 15 is 0 Å². The van der Waals surface area contributed by atoms with Crippen LogP contribution in [0.25, 0.3) is 0 Å². The predicted molar refractivity (Wildman–Crippen MR) is 93.3 cm³/mol. The minimum Gasteiger partial charge on any atom is -0.273 e. The van der Waals surface area contributed by atoms with Gasteiger partial charge in [0.05, 0.1) is 4.90 Å². The Hall–Kier alpha value is -2.42. The number of hydrazine groups is 1. The van der Waals surface area contributed by atoms with Gasteiger partial charge in [-0.1, -0.05) is 35.9 Å². The van der Waals surface area contributed by atoms with Crippen LogP contribution in [0.4, 0.5) is 0 Å². The molecule has 0 radical (unpaired) electrons. The molecule has 0 aliphatic rings. The summed E-state index contributed by atoms with van der Waals surface area (Å²) in [6.07, 6.45) is -0.144. The molecule has 2 amide bonds. The van der Waals surface area contributed by atoms with Gasteiger partial charge >= 0.3 is 0 Å². The normalized spacial score (nSPS) is 10.9. The van der Waals surface area contributed by atoms with E-state index in [1.54, 1.807) is 36.4 Å². The Labute approximate surface area is 150 Å². The van der Waals surface area contributed by atoms with E-state index in [1.165, 1.54) is 18.2 Å². The maximum absolute atomic E-state index is 12.0. The van der Waals surface area contributed by atoms with Gasteiger partial charge in [0, 0.05) is 23.6 Å². The number of hydrogen-bond donors (Lipinski definition) is 3. The maximum Gasteiger partial charge on any atom is 0.269 e. The van der Waals surface area contributed by atoms with Gasteiger partial charge < -0.3 is 0 Å². The Morgan fingerprint density at radius 2 is 1.68 bits per heavy atom. The van der Waals surface area contributed by atoms with Crippen molar-refractivity contribution in [2.45, 2.75) is 11.3 Å². The van der Waals surface area contributed by atoms with Crippen molar-refractivity contribution in [3.05, 3.63) is 65.2 Å². The minimum absolute atomic E-state index is 0.0118. The molecule has 0 saturated heterocycles. The fourth-order valence-corrected chi connectivity index (χ4v) is 3.20. The third-order valence-corrected chi connectivity index (χ3v) is 4.80. The Morgan fingerprint density at radius 3 is 2.36 bits per heavy atom. The lowest BCUT2D eigenvalue weighted by molar-refractivity contribution is -0.121. The van der Waals surface area contributed by atoms with Gasteiger partial charge in [-0.3, -0.25) is 20.4 Å². The van der Waals surface area contributed by atoms with Crippen LogP contribution in [-0.4, -0.2) is 26.8 Å². The standard InChI is InChI=1S/C16H16ClN3O4S/c17-13-7-4-8-14(11-13)25(23,24)18-10-9-15(21)19-20-16(22)12-5-2-1-3-6-12/h1-8,11,18H,9-10H2,(H,19,21)(H,20,22). The fraction of sp³-hybridized carbons (Fsp3) is 0.125. The van der Waals surface area contributed by atoms with Crippen molar-refractivity contribution in [3.63, 3.8) is 0 Å². The number of hydrogen-bond acceptors (Lipinski definition) is 4. The van der Waals surface area contributed by atoms with Crippen molar-refractivity contribution in [2.24, 2.45) is 0 Å². The lowest BCUT2D eigenvalue weighted by atomic mass is 10.2. The zero-order chi connectivity index (χ0) is 18.3. The third-order valence-electron chi connectivity index (χ3n) is 3.10. The Balaban J connectivity index is 1.78. The molecule has 0 aliphatic heterocycles. The zero-order valence-corrected chi connectivity index (χ0v) is 14.6. The van der Waals surface area contributed by atoms with Crippen molar-refractivity contribution in [3.8, 4) is 0 Å². The van der Waals surface area contributed by atoms with Crippen LogP contribution in [0, 0.1) is 0 Å². The summed E-state index contributed by atoms with van der Waals surface area (Å²) in [5.41, 5.74) is 4.87. The molecule has 0 fully saturated rings. The smallest absolute Gasteiger partial charge is 0.269 e. The number of halogens is 1. The molecule has 0 saturated carbocycles. The van der Waals surface area contributed by atoms with Gasteiger partial charge in [-0.05, 0) is 30.3 Å². The van der Waals surface area contributed by atoms with E-state index < -0.39 is 21.8 Å². The quantitative estimate of drug-likeness (QED) is 0.659. The number of carbonyl (C=O) groups is 2. The molecule has 0 unspecified atom stereocenters. The molecule has 0 aromatic heterocycles. The Morgan fingerprint density at radius 1 is 0.960 bits per heavy atom. The van der Waals surface area contributed by atoms with Crippen molar-refractivity contribution < 1.29 is 18.0 Å².